The molecule has 0 radical (unpaired) electrons. The van der Waals surface area contributed by atoms with E-state index < -0.39 is 0 Å². The van der Waals surface area contributed by atoms with Crippen molar-refractivity contribution >= 4 is 17.7 Å². The number of unbranched alkanes of at least 4 members (excludes halogenated alkanes) is 27. The van der Waals surface area contributed by atoms with Gasteiger partial charge in [-0.15, -0.1) is 0 Å². The summed E-state index contributed by atoms with van der Waals surface area (Å²) in [4.78, 5) is 38.8. The number of nitrogens with one attached hydrogen (secondary N) is 3. The first kappa shape index (κ1) is 49.6. The minimum atomic E-state index is 0.00449. The van der Waals surface area contributed by atoms with Crippen LogP contribution in [0.1, 0.15) is 230 Å². The zero-order valence-corrected chi connectivity index (χ0v) is 35.9. The van der Waals surface area contributed by atoms with Gasteiger partial charge < -0.3 is 16.0 Å². The fourth-order valence-electron chi connectivity index (χ4n) is 7.41. The molecule has 0 spiro atoms. The van der Waals surface area contributed by atoms with E-state index in [0.717, 1.165) is 55.2 Å². The molecule has 6 heteroatoms. The average Bonchev–Trinajstić information content (AvgIpc) is 3.15. The van der Waals surface area contributed by atoms with Gasteiger partial charge in [0, 0.05) is 19.6 Å². The smallest absolute Gasteiger partial charge is 0.224 e. The molecule has 0 saturated heterocycles. The van der Waals surface area contributed by atoms with Crippen LogP contribution in [0.2, 0.25) is 0 Å². The third-order valence-corrected chi connectivity index (χ3v) is 10.8. The van der Waals surface area contributed by atoms with Gasteiger partial charge in [0.15, 0.2) is 0 Å². The van der Waals surface area contributed by atoms with Crippen LogP contribution in [0.3, 0.4) is 0 Å². The third-order valence-electron chi connectivity index (χ3n) is 10.8. The van der Waals surface area contributed by atoms with E-state index in [1.165, 1.54) is 154 Å². The molecular formula is C48H87N3O3. The molecule has 3 amide bonds. The Morgan fingerprint density at radius 1 is 0.315 bits per heavy atom. The van der Waals surface area contributed by atoms with Gasteiger partial charge in [-0.05, 0) is 36.0 Å². The molecule has 0 aliphatic heterocycles. The quantitative estimate of drug-likeness (QED) is 0.0585. The Labute approximate surface area is 334 Å². The summed E-state index contributed by atoms with van der Waals surface area (Å²) in [5.74, 6) is 0.0135. The number of hydrogen-bond acceptors (Lipinski definition) is 3. The number of carbonyl (C=O) groups is 3. The lowest BCUT2D eigenvalue weighted by molar-refractivity contribution is -0.121. The van der Waals surface area contributed by atoms with Gasteiger partial charge in [-0.1, -0.05) is 212 Å². The van der Waals surface area contributed by atoms with Gasteiger partial charge in [-0.2, -0.15) is 0 Å². The van der Waals surface area contributed by atoms with Gasteiger partial charge >= 0.3 is 0 Å². The Balaban J connectivity index is 2.52. The van der Waals surface area contributed by atoms with Crippen LogP contribution in [0.4, 0.5) is 0 Å². The Morgan fingerprint density at radius 3 is 0.704 bits per heavy atom. The fraction of sp³-hybridized carbons (Fsp3) is 0.812. The molecule has 1 aromatic carbocycles. The van der Waals surface area contributed by atoms with Crippen LogP contribution in [0, 0.1) is 0 Å². The van der Waals surface area contributed by atoms with Gasteiger partial charge in [0.05, 0.1) is 19.3 Å². The molecule has 0 bridgehead atoms. The fourth-order valence-corrected chi connectivity index (χ4v) is 7.41. The summed E-state index contributed by atoms with van der Waals surface area (Å²) < 4.78 is 0. The summed E-state index contributed by atoms with van der Waals surface area (Å²) in [5, 5.41) is 9.32. The Hall–Kier alpha value is -2.37. The summed E-state index contributed by atoms with van der Waals surface area (Å²) >= 11 is 0. The van der Waals surface area contributed by atoms with Gasteiger partial charge in [0.2, 0.25) is 17.7 Å². The van der Waals surface area contributed by atoms with E-state index in [1.807, 2.05) is 18.2 Å². The standard InChI is InChI=1S/C48H87N3O3/c1-4-7-10-13-16-19-22-25-28-31-34-49-46(52)40-43-37-44(41-47(53)50-35-32-29-26-23-20-17-14-11-8-5-2)39-45(38-43)42-48(54)51-36-33-30-27-24-21-18-15-12-9-6-3/h37-39H,4-36,40-42H2,1-3H3,(H,49,52)(H,50,53)(H,51,54). The topological polar surface area (TPSA) is 87.3 Å². The minimum Gasteiger partial charge on any atom is -0.356 e. The lowest BCUT2D eigenvalue weighted by Gasteiger charge is -2.12. The Bertz CT molecular complexity index is 901. The summed E-state index contributed by atoms with van der Waals surface area (Å²) in [5.41, 5.74) is 2.61. The maximum Gasteiger partial charge on any atom is 0.224 e. The summed E-state index contributed by atoms with van der Waals surface area (Å²) in [6.07, 6.45) is 39.0. The van der Waals surface area contributed by atoms with Crippen molar-refractivity contribution in [3.8, 4) is 0 Å². The molecule has 0 unspecified atom stereocenters. The van der Waals surface area contributed by atoms with Crippen molar-refractivity contribution in [1.29, 1.82) is 0 Å². The van der Waals surface area contributed by atoms with Crippen LogP contribution in [0.25, 0.3) is 0 Å². The lowest BCUT2D eigenvalue weighted by atomic mass is 9.99. The normalized spacial score (nSPS) is 11.2. The maximum atomic E-state index is 12.9. The van der Waals surface area contributed by atoms with E-state index in [-0.39, 0.29) is 37.0 Å². The van der Waals surface area contributed by atoms with Gasteiger partial charge in [0.25, 0.3) is 0 Å². The Kier molecular flexibility index (Phi) is 34.5. The first-order valence-corrected chi connectivity index (χ1v) is 23.4. The highest BCUT2D eigenvalue weighted by atomic mass is 16.2. The molecule has 0 aliphatic rings. The van der Waals surface area contributed by atoms with Crippen molar-refractivity contribution in [1.82, 2.24) is 16.0 Å². The zero-order valence-electron chi connectivity index (χ0n) is 35.9. The summed E-state index contributed by atoms with van der Waals surface area (Å²) in [6.45, 7) is 8.88. The predicted octanol–water partition coefficient (Wildman–Crippen LogP) is 12.4. The molecule has 0 fully saturated rings. The Morgan fingerprint density at radius 2 is 0.500 bits per heavy atom. The van der Waals surface area contributed by atoms with Crippen molar-refractivity contribution < 1.29 is 14.4 Å². The first-order valence-electron chi connectivity index (χ1n) is 23.4. The van der Waals surface area contributed by atoms with Crippen molar-refractivity contribution in [3.05, 3.63) is 34.9 Å². The molecule has 54 heavy (non-hydrogen) atoms. The van der Waals surface area contributed by atoms with Crippen LogP contribution < -0.4 is 16.0 Å². The molecular weight excluding hydrogens is 667 g/mol. The molecule has 3 N–H and O–H groups in total. The highest BCUT2D eigenvalue weighted by Gasteiger charge is 2.12. The van der Waals surface area contributed by atoms with Crippen LogP contribution in [0.15, 0.2) is 18.2 Å². The molecule has 1 rings (SSSR count). The van der Waals surface area contributed by atoms with Crippen molar-refractivity contribution in [3.63, 3.8) is 0 Å². The molecule has 6 nitrogen and oxygen atoms in total. The number of rotatable bonds is 39. The van der Waals surface area contributed by atoms with Crippen LogP contribution >= 0.6 is 0 Å². The molecule has 0 saturated carbocycles. The monoisotopic (exact) mass is 754 g/mol. The van der Waals surface area contributed by atoms with Crippen LogP contribution in [0.5, 0.6) is 0 Å². The molecule has 1 aromatic rings. The molecule has 0 heterocycles. The van der Waals surface area contributed by atoms with Gasteiger partial charge in [0.1, 0.15) is 0 Å². The molecule has 0 aliphatic carbocycles. The van der Waals surface area contributed by atoms with E-state index in [1.54, 1.807) is 0 Å². The lowest BCUT2D eigenvalue weighted by Crippen LogP contribution is -2.28. The highest BCUT2D eigenvalue weighted by molar-refractivity contribution is 5.81. The van der Waals surface area contributed by atoms with Crippen LogP contribution in [-0.2, 0) is 33.6 Å². The third kappa shape index (κ3) is 31.9. The number of carbonyl (C=O) groups excluding carboxylic acids is 3. The summed E-state index contributed by atoms with van der Waals surface area (Å²) in [6, 6.07) is 5.93. The van der Waals surface area contributed by atoms with E-state index in [9.17, 15) is 14.4 Å². The second kappa shape index (κ2) is 37.5. The van der Waals surface area contributed by atoms with Crippen molar-refractivity contribution in [2.75, 3.05) is 19.6 Å². The second-order valence-corrected chi connectivity index (χ2v) is 16.3. The van der Waals surface area contributed by atoms with Gasteiger partial charge in [-0.25, -0.2) is 0 Å². The van der Waals surface area contributed by atoms with Crippen molar-refractivity contribution in [2.45, 2.75) is 233 Å². The first-order chi connectivity index (χ1) is 26.5. The number of amides is 3. The van der Waals surface area contributed by atoms with Crippen molar-refractivity contribution in [2.24, 2.45) is 0 Å². The molecule has 312 valence electrons. The number of hydrogen-bond donors (Lipinski definition) is 3. The minimum absolute atomic E-state index is 0.00449. The molecule has 0 atom stereocenters. The SMILES string of the molecule is CCCCCCCCCCCCNC(=O)Cc1cc(CC(=O)NCCCCCCCCCCCC)cc(CC(=O)NCCCCCCCCCCCC)c1. The predicted molar refractivity (Wildman–Crippen MR) is 232 cm³/mol. The summed E-state index contributed by atoms with van der Waals surface area (Å²) in [7, 11) is 0. The number of benzene rings is 1. The largest absolute Gasteiger partial charge is 0.356 e. The zero-order chi connectivity index (χ0) is 39.2. The molecule has 0 aromatic heterocycles. The highest BCUT2D eigenvalue weighted by Crippen LogP contribution is 2.15. The van der Waals surface area contributed by atoms with E-state index in [0.29, 0.717) is 19.6 Å². The second-order valence-electron chi connectivity index (χ2n) is 16.3. The van der Waals surface area contributed by atoms with E-state index in [4.69, 9.17) is 0 Å². The maximum absolute atomic E-state index is 12.9. The van der Waals surface area contributed by atoms with Gasteiger partial charge in [-0.3, -0.25) is 14.4 Å². The van der Waals surface area contributed by atoms with E-state index in [2.05, 4.69) is 36.7 Å². The van der Waals surface area contributed by atoms with E-state index >= 15 is 0 Å². The van der Waals surface area contributed by atoms with Crippen LogP contribution in [-0.4, -0.2) is 37.4 Å². The average molecular weight is 754 g/mol.